The van der Waals surface area contributed by atoms with Crippen molar-refractivity contribution in [3.63, 3.8) is 0 Å². The zero-order valence-corrected chi connectivity index (χ0v) is 10.3. The van der Waals surface area contributed by atoms with Crippen molar-refractivity contribution in [1.82, 2.24) is 14.4 Å². The molecule has 0 aliphatic carbocycles. The van der Waals surface area contributed by atoms with Crippen molar-refractivity contribution in [2.24, 2.45) is 0 Å². The first kappa shape index (κ1) is 9.66. The van der Waals surface area contributed by atoms with E-state index < -0.39 is 0 Å². The zero-order chi connectivity index (χ0) is 11.1. The van der Waals surface area contributed by atoms with Crippen molar-refractivity contribution in [3.8, 4) is 11.4 Å². The third-order valence-corrected chi connectivity index (χ3v) is 3.01. The van der Waals surface area contributed by atoms with Crippen LogP contribution in [0, 0.1) is 6.92 Å². The van der Waals surface area contributed by atoms with Gasteiger partial charge >= 0.3 is 0 Å². The number of nitrogens with one attached hydrogen (secondary N) is 1. The van der Waals surface area contributed by atoms with Crippen molar-refractivity contribution in [2.45, 2.75) is 6.92 Å². The summed E-state index contributed by atoms with van der Waals surface area (Å²) >= 11 is 3.48. The summed E-state index contributed by atoms with van der Waals surface area (Å²) in [4.78, 5) is 7.77. The van der Waals surface area contributed by atoms with Crippen molar-refractivity contribution in [3.05, 3.63) is 46.8 Å². The molecule has 16 heavy (non-hydrogen) atoms. The van der Waals surface area contributed by atoms with Crippen LogP contribution in [0.5, 0.6) is 0 Å². The second kappa shape index (κ2) is 3.49. The number of nitrogens with zero attached hydrogens (tertiary/aromatic N) is 2. The lowest BCUT2D eigenvalue weighted by Crippen LogP contribution is -1.86. The summed E-state index contributed by atoms with van der Waals surface area (Å²) in [5.41, 5.74) is 4.16. The maximum Gasteiger partial charge on any atom is 0.140 e. The first-order valence-corrected chi connectivity index (χ1v) is 5.82. The highest BCUT2D eigenvalue weighted by Crippen LogP contribution is 2.21. The molecule has 4 heteroatoms. The van der Waals surface area contributed by atoms with Gasteiger partial charge in [-0.15, -0.1) is 0 Å². The molecule has 3 aromatic heterocycles. The van der Waals surface area contributed by atoms with Gasteiger partial charge in [-0.2, -0.15) is 0 Å². The molecule has 0 saturated carbocycles. The molecule has 0 unspecified atom stereocenters. The molecule has 3 heterocycles. The van der Waals surface area contributed by atoms with Crippen LogP contribution in [0.2, 0.25) is 0 Å². The number of fused-ring (bicyclic) bond motifs is 1. The Kier molecular flexibility index (Phi) is 2.11. The van der Waals surface area contributed by atoms with Crippen LogP contribution in [-0.2, 0) is 0 Å². The smallest absolute Gasteiger partial charge is 0.140 e. The van der Waals surface area contributed by atoms with Crippen LogP contribution in [0.1, 0.15) is 5.56 Å². The number of rotatable bonds is 1. The predicted octanol–water partition coefficient (Wildman–Crippen LogP) is 3.40. The minimum atomic E-state index is 0.964. The molecular formula is C12H10BrN3. The van der Waals surface area contributed by atoms with Crippen LogP contribution in [0.3, 0.4) is 0 Å². The summed E-state index contributed by atoms with van der Waals surface area (Å²) in [5.74, 6) is 0. The minimum absolute atomic E-state index is 0.964. The average molecular weight is 276 g/mol. The molecule has 0 spiro atoms. The Balaban J connectivity index is 2.27. The molecule has 0 amide bonds. The molecule has 0 aliphatic rings. The van der Waals surface area contributed by atoms with Crippen molar-refractivity contribution in [2.75, 3.05) is 0 Å². The summed E-state index contributed by atoms with van der Waals surface area (Å²) in [7, 11) is 0. The van der Waals surface area contributed by atoms with Crippen LogP contribution in [0.15, 0.2) is 41.3 Å². The van der Waals surface area contributed by atoms with E-state index >= 15 is 0 Å². The Labute approximate surface area is 101 Å². The molecule has 3 aromatic rings. The van der Waals surface area contributed by atoms with Gasteiger partial charge in [-0.25, -0.2) is 4.98 Å². The fraction of sp³-hybridized carbons (Fsp3) is 0.0833. The van der Waals surface area contributed by atoms with Gasteiger partial charge in [0.15, 0.2) is 0 Å². The molecule has 0 bridgehead atoms. The van der Waals surface area contributed by atoms with Gasteiger partial charge in [-0.3, -0.25) is 0 Å². The summed E-state index contributed by atoms with van der Waals surface area (Å²) in [6.07, 6.45) is 5.95. The lowest BCUT2D eigenvalue weighted by atomic mass is 10.3. The van der Waals surface area contributed by atoms with Gasteiger partial charge in [0.25, 0.3) is 0 Å². The first-order chi connectivity index (χ1) is 7.74. The van der Waals surface area contributed by atoms with Gasteiger partial charge in [-0.05, 0) is 46.6 Å². The molecule has 0 atom stereocenters. The molecule has 0 fully saturated rings. The molecule has 0 radical (unpaired) electrons. The first-order valence-electron chi connectivity index (χ1n) is 5.02. The molecule has 0 saturated heterocycles. The molecule has 80 valence electrons. The number of aromatic amines is 1. The maximum absolute atomic E-state index is 4.61. The van der Waals surface area contributed by atoms with E-state index in [0.717, 1.165) is 27.1 Å². The van der Waals surface area contributed by atoms with Gasteiger partial charge in [0.2, 0.25) is 0 Å². The Morgan fingerprint density at radius 2 is 2.25 bits per heavy atom. The maximum atomic E-state index is 4.61. The molecule has 3 nitrogen and oxygen atoms in total. The number of hydrogen-bond donors (Lipinski definition) is 1. The number of pyridine rings is 1. The van der Waals surface area contributed by atoms with Crippen LogP contribution in [0.25, 0.3) is 17.0 Å². The monoisotopic (exact) mass is 275 g/mol. The van der Waals surface area contributed by atoms with E-state index in [9.17, 15) is 0 Å². The summed E-state index contributed by atoms with van der Waals surface area (Å²) in [6, 6.07) is 6.06. The van der Waals surface area contributed by atoms with E-state index in [4.69, 9.17) is 0 Å². The van der Waals surface area contributed by atoms with Crippen LogP contribution in [-0.4, -0.2) is 14.4 Å². The van der Waals surface area contributed by atoms with Gasteiger partial charge in [0.1, 0.15) is 11.3 Å². The summed E-state index contributed by atoms with van der Waals surface area (Å²) in [6.45, 7) is 2.06. The normalized spacial score (nSPS) is 11.1. The van der Waals surface area contributed by atoms with E-state index in [2.05, 4.69) is 38.9 Å². The quantitative estimate of drug-likeness (QED) is 0.726. The highest BCUT2D eigenvalue weighted by Gasteiger charge is 2.07. The third-order valence-electron chi connectivity index (χ3n) is 2.58. The van der Waals surface area contributed by atoms with Crippen LogP contribution < -0.4 is 0 Å². The van der Waals surface area contributed by atoms with E-state index in [1.165, 1.54) is 0 Å². The highest BCUT2D eigenvalue weighted by atomic mass is 79.9. The van der Waals surface area contributed by atoms with E-state index in [1.807, 2.05) is 35.1 Å². The second-order valence-corrected chi connectivity index (χ2v) is 4.70. The topological polar surface area (TPSA) is 33.1 Å². The predicted molar refractivity (Wildman–Crippen MR) is 67.4 cm³/mol. The molecule has 0 aromatic carbocycles. The number of imidazole rings is 1. The van der Waals surface area contributed by atoms with E-state index in [-0.39, 0.29) is 0 Å². The second-order valence-electron chi connectivity index (χ2n) is 3.78. The Hall–Kier alpha value is -1.55. The highest BCUT2D eigenvalue weighted by molar-refractivity contribution is 9.10. The standard InChI is InChI=1S/C12H10BrN3/c1-8-5-9(13)6-16-7-11(15-12(8)16)10-3-2-4-14-10/h2-7,14H,1H3. The van der Waals surface area contributed by atoms with Gasteiger partial charge in [0, 0.05) is 23.1 Å². The Morgan fingerprint density at radius 1 is 1.38 bits per heavy atom. The largest absolute Gasteiger partial charge is 0.360 e. The fourth-order valence-electron chi connectivity index (χ4n) is 1.84. The number of H-pyrrole nitrogens is 1. The Morgan fingerprint density at radius 3 is 3.00 bits per heavy atom. The van der Waals surface area contributed by atoms with Crippen molar-refractivity contribution in [1.29, 1.82) is 0 Å². The van der Waals surface area contributed by atoms with Gasteiger partial charge in [0.05, 0.1) is 5.69 Å². The zero-order valence-electron chi connectivity index (χ0n) is 8.74. The van der Waals surface area contributed by atoms with E-state index in [0.29, 0.717) is 0 Å². The summed E-state index contributed by atoms with van der Waals surface area (Å²) < 4.78 is 3.10. The number of aryl methyl sites for hydroxylation is 1. The molecule has 3 rings (SSSR count). The SMILES string of the molecule is Cc1cc(Br)cn2cc(-c3ccc[nH]3)nc12. The lowest BCUT2D eigenvalue weighted by Gasteiger charge is -1.97. The van der Waals surface area contributed by atoms with Crippen LogP contribution in [0.4, 0.5) is 0 Å². The number of aromatic nitrogens is 3. The fourth-order valence-corrected chi connectivity index (χ4v) is 2.41. The third kappa shape index (κ3) is 1.46. The Bertz CT molecular complexity index is 638. The summed E-state index contributed by atoms with van der Waals surface area (Å²) in [5, 5.41) is 0. The molecule has 0 aliphatic heterocycles. The average Bonchev–Trinajstić information content (AvgIpc) is 2.82. The van der Waals surface area contributed by atoms with Crippen molar-refractivity contribution >= 4 is 21.6 Å². The van der Waals surface area contributed by atoms with Crippen LogP contribution >= 0.6 is 15.9 Å². The van der Waals surface area contributed by atoms with Crippen molar-refractivity contribution < 1.29 is 0 Å². The number of hydrogen-bond acceptors (Lipinski definition) is 1. The van der Waals surface area contributed by atoms with Gasteiger partial charge in [-0.1, -0.05) is 0 Å². The number of halogens is 1. The lowest BCUT2D eigenvalue weighted by molar-refractivity contribution is 1.15. The van der Waals surface area contributed by atoms with E-state index in [1.54, 1.807) is 0 Å². The minimum Gasteiger partial charge on any atom is -0.360 e. The molecular weight excluding hydrogens is 266 g/mol. The molecule has 1 N–H and O–H groups in total. The van der Waals surface area contributed by atoms with Gasteiger partial charge < -0.3 is 9.38 Å².